The number of rotatable bonds is 8. The maximum absolute atomic E-state index is 12.2. The highest BCUT2D eigenvalue weighted by atomic mass is 16.5. The van der Waals surface area contributed by atoms with Crippen LogP contribution in [0.2, 0.25) is 0 Å². The van der Waals surface area contributed by atoms with Crippen molar-refractivity contribution in [1.29, 1.82) is 0 Å². The highest BCUT2D eigenvalue weighted by Gasteiger charge is 2.21. The fraction of sp³-hybridized carbons (Fsp3) is 0.632. The molecule has 0 aromatic heterocycles. The van der Waals surface area contributed by atoms with E-state index in [1.807, 2.05) is 18.2 Å². The average Bonchev–Trinajstić information content (AvgIpc) is 2.62. The van der Waals surface area contributed by atoms with Gasteiger partial charge in [0, 0.05) is 13.0 Å². The van der Waals surface area contributed by atoms with E-state index in [0.717, 1.165) is 36.6 Å². The highest BCUT2D eigenvalue weighted by molar-refractivity contribution is 5.76. The summed E-state index contributed by atoms with van der Waals surface area (Å²) in [6.07, 6.45) is 3.77. The van der Waals surface area contributed by atoms with E-state index in [2.05, 4.69) is 17.6 Å². The van der Waals surface area contributed by atoms with Crippen LogP contribution in [-0.4, -0.2) is 39.8 Å². The molecule has 2 N–H and O–H groups in total. The van der Waals surface area contributed by atoms with Crippen LogP contribution < -0.4 is 20.1 Å². The van der Waals surface area contributed by atoms with Crippen LogP contribution in [0.4, 0.5) is 0 Å². The quantitative estimate of drug-likeness (QED) is 0.766. The first kappa shape index (κ1) is 18.6. The lowest BCUT2D eigenvalue weighted by Gasteiger charge is -2.28. The van der Waals surface area contributed by atoms with E-state index < -0.39 is 0 Å². The van der Waals surface area contributed by atoms with Crippen molar-refractivity contribution in [2.24, 2.45) is 11.8 Å². The molecule has 1 aliphatic rings. The van der Waals surface area contributed by atoms with Crippen LogP contribution in [0.3, 0.4) is 0 Å². The van der Waals surface area contributed by atoms with Crippen molar-refractivity contribution < 1.29 is 14.3 Å². The van der Waals surface area contributed by atoms with Gasteiger partial charge in [-0.15, -0.1) is 0 Å². The van der Waals surface area contributed by atoms with Crippen LogP contribution in [0.15, 0.2) is 18.2 Å². The predicted molar refractivity (Wildman–Crippen MR) is 95.6 cm³/mol. The standard InChI is InChI=1S/C19H30N2O3/c1-14(16-5-4-9-20-13-16)11-19(22)21-10-8-15-12-17(23-2)6-7-18(15)24-3/h6-7,12,14,16,20H,4-5,8-11,13H2,1-3H3,(H,21,22). The van der Waals surface area contributed by atoms with Gasteiger partial charge in [0.2, 0.25) is 5.91 Å². The van der Waals surface area contributed by atoms with Crippen molar-refractivity contribution in [1.82, 2.24) is 10.6 Å². The average molecular weight is 334 g/mol. The van der Waals surface area contributed by atoms with Crippen molar-refractivity contribution in [3.05, 3.63) is 23.8 Å². The van der Waals surface area contributed by atoms with Crippen molar-refractivity contribution in [2.75, 3.05) is 33.9 Å². The Balaban J connectivity index is 1.77. The molecule has 2 atom stereocenters. The van der Waals surface area contributed by atoms with Crippen molar-refractivity contribution in [2.45, 2.75) is 32.6 Å². The minimum Gasteiger partial charge on any atom is -0.497 e. The summed E-state index contributed by atoms with van der Waals surface area (Å²) in [5.41, 5.74) is 1.04. The van der Waals surface area contributed by atoms with E-state index in [1.165, 1.54) is 12.8 Å². The number of hydrogen-bond donors (Lipinski definition) is 2. The molecule has 5 heteroatoms. The van der Waals surface area contributed by atoms with E-state index >= 15 is 0 Å². The van der Waals surface area contributed by atoms with E-state index in [4.69, 9.17) is 9.47 Å². The summed E-state index contributed by atoms with van der Waals surface area (Å²) in [5, 5.41) is 6.45. The van der Waals surface area contributed by atoms with E-state index in [0.29, 0.717) is 24.8 Å². The van der Waals surface area contributed by atoms with E-state index in [9.17, 15) is 4.79 Å². The minimum atomic E-state index is 0.134. The normalized spacial score (nSPS) is 18.7. The number of nitrogens with one attached hydrogen (secondary N) is 2. The number of ether oxygens (including phenoxy) is 2. The summed E-state index contributed by atoms with van der Waals surface area (Å²) in [6.45, 7) is 4.94. The summed E-state index contributed by atoms with van der Waals surface area (Å²) >= 11 is 0. The van der Waals surface area contributed by atoms with Gasteiger partial charge in [-0.1, -0.05) is 6.92 Å². The van der Waals surface area contributed by atoms with Gasteiger partial charge in [0.25, 0.3) is 0 Å². The highest BCUT2D eigenvalue weighted by Crippen LogP contribution is 2.24. The van der Waals surface area contributed by atoms with Crippen molar-refractivity contribution in [3.63, 3.8) is 0 Å². The second-order valence-corrected chi connectivity index (χ2v) is 6.57. The number of amides is 1. The monoisotopic (exact) mass is 334 g/mol. The van der Waals surface area contributed by atoms with Gasteiger partial charge < -0.3 is 20.1 Å². The Hall–Kier alpha value is -1.75. The summed E-state index contributed by atoms with van der Waals surface area (Å²) in [5.74, 6) is 2.80. The largest absolute Gasteiger partial charge is 0.497 e. The Bertz CT molecular complexity index is 527. The van der Waals surface area contributed by atoms with E-state index in [1.54, 1.807) is 14.2 Å². The molecule has 1 aromatic rings. The van der Waals surface area contributed by atoms with Crippen LogP contribution in [0.25, 0.3) is 0 Å². The van der Waals surface area contributed by atoms with Gasteiger partial charge in [0.15, 0.2) is 0 Å². The number of benzene rings is 1. The third-order valence-corrected chi connectivity index (χ3v) is 4.85. The Morgan fingerprint density at radius 2 is 2.21 bits per heavy atom. The van der Waals surface area contributed by atoms with Crippen LogP contribution in [0.1, 0.15) is 31.7 Å². The van der Waals surface area contributed by atoms with Gasteiger partial charge in [-0.3, -0.25) is 4.79 Å². The molecule has 1 aromatic carbocycles. The molecule has 0 bridgehead atoms. The maximum Gasteiger partial charge on any atom is 0.220 e. The molecule has 1 aliphatic heterocycles. The SMILES string of the molecule is COc1ccc(OC)c(CCNC(=O)CC(C)C2CCCNC2)c1. The number of piperidine rings is 1. The molecular formula is C19H30N2O3. The molecule has 134 valence electrons. The Morgan fingerprint density at radius 3 is 2.88 bits per heavy atom. The van der Waals surface area contributed by atoms with Gasteiger partial charge in [0.05, 0.1) is 14.2 Å². The van der Waals surface area contributed by atoms with Gasteiger partial charge >= 0.3 is 0 Å². The van der Waals surface area contributed by atoms with Gasteiger partial charge in [0.1, 0.15) is 11.5 Å². The third kappa shape index (κ3) is 5.41. The van der Waals surface area contributed by atoms with Gasteiger partial charge in [-0.2, -0.15) is 0 Å². The Kier molecular flexibility index (Phi) is 7.37. The lowest BCUT2D eigenvalue weighted by Crippen LogP contribution is -2.36. The topological polar surface area (TPSA) is 59.6 Å². The second-order valence-electron chi connectivity index (χ2n) is 6.57. The Morgan fingerprint density at radius 1 is 1.38 bits per heavy atom. The Labute approximate surface area is 145 Å². The summed E-state index contributed by atoms with van der Waals surface area (Å²) in [6, 6.07) is 5.73. The zero-order valence-corrected chi connectivity index (χ0v) is 15.1. The molecule has 0 spiro atoms. The first-order chi connectivity index (χ1) is 11.6. The molecule has 1 heterocycles. The number of methoxy groups -OCH3 is 2. The summed E-state index contributed by atoms with van der Waals surface area (Å²) < 4.78 is 10.6. The number of carbonyl (C=O) groups excluding carboxylic acids is 1. The molecule has 2 rings (SSSR count). The van der Waals surface area contributed by atoms with E-state index in [-0.39, 0.29) is 5.91 Å². The molecule has 0 saturated carbocycles. The lowest BCUT2D eigenvalue weighted by molar-refractivity contribution is -0.122. The van der Waals surface area contributed by atoms with Gasteiger partial charge in [-0.25, -0.2) is 0 Å². The molecule has 1 fully saturated rings. The minimum absolute atomic E-state index is 0.134. The molecule has 5 nitrogen and oxygen atoms in total. The zero-order valence-electron chi connectivity index (χ0n) is 15.1. The third-order valence-electron chi connectivity index (χ3n) is 4.85. The van der Waals surface area contributed by atoms with Crippen LogP contribution in [-0.2, 0) is 11.2 Å². The summed E-state index contributed by atoms with van der Waals surface area (Å²) in [4.78, 5) is 12.2. The van der Waals surface area contributed by atoms with Crippen LogP contribution in [0.5, 0.6) is 11.5 Å². The van der Waals surface area contributed by atoms with Gasteiger partial charge in [-0.05, 0) is 68.0 Å². The molecule has 2 unspecified atom stereocenters. The van der Waals surface area contributed by atoms with Crippen molar-refractivity contribution in [3.8, 4) is 11.5 Å². The van der Waals surface area contributed by atoms with Crippen LogP contribution in [0, 0.1) is 11.8 Å². The first-order valence-electron chi connectivity index (χ1n) is 8.82. The van der Waals surface area contributed by atoms with Crippen LogP contribution >= 0.6 is 0 Å². The fourth-order valence-electron chi connectivity index (χ4n) is 3.31. The molecule has 1 saturated heterocycles. The molecule has 1 amide bonds. The van der Waals surface area contributed by atoms with Crippen molar-refractivity contribution >= 4 is 5.91 Å². The molecule has 24 heavy (non-hydrogen) atoms. The zero-order chi connectivity index (χ0) is 17.4. The lowest BCUT2D eigenvalue weighted by atomic mass is 9.85. The smallest absolute Gasteiger partial charge is 0.220 e. The fourth-order valence-corrected chi connectivity index (χ4v) is 3.31. The maximum atomic E-state index is 12.2. The molecule has 0 radical (unpaired) electrons. The summed E-state index contributed by atoms with van der Waals surface area (Å²) in [7, 11) is 3.30. The molecule has 0 aliphatic carbocycles. The second kappa shape index (κ2) is 9.52. The molecular weight excluding hydrogens is 304 g/mol. The number of hydrogen-bond acceptors (Lipinski definition) is 4. The predicted octanol–water partition coefficient (Wildman–Crippen LogP) is 2.39. The first-order valence-corrected chi connectivity index (χ1v) is 8.82. The number of carbonyl (C=O) groups is 1.